The second-order valence-corrected chi connectivity index (χ2v) is 6.77. The van der Waals surface area contributed by atoms with Gasteiger partial charge in [-0.2, -0.15) is 18.3 Å². The molecule has 2 atom stereocenters. The summed E-state index contributed by atoms with van der Waals surface area (Å²) in [6.07, 6.45) is 1.03. The Balaban J connectivity index is 1.48. The SMILES string of the molecule is O=C(NCCc1cnn(-c2ccccc2)c1)[C@@H]1CCC[C@H](C(F)(F)F)C1. The number of nitrogens with one attached hydrogen (secondary N) is 1. The minimum Gasteiger partial charge on any atom is -0.356 e. The van der Waals surface area contributed by atoms with E-state index in [-0.39, 0.29) is 18.7 Å². The zero-order chi connectivity index (χ0) is 18.6. The molecular formula is C19H22F3N3O. The van der Waals surface area contributed by atoms with Crippen molar-refractivity contribution in [3.63, 3.8) is 0 Å². The Bertz CT molecular complexity index is 727. The number of nitrogens with zero attached hydrogens (tertiary/aromatic N) is 2. The number of para-hydroxylation sites is 1. The van der Waals surface area contributed by atoms with Gasteiger partial charge in [0.2, 0.25) is 5.91 Å². The van der Waals surface area contributed by atoms with E-state index in [2.05, 4.69) is 10.4 Å². The van der Waals surface area contributed by atoms with Gasteiger partial charge in [0.15, 0.2) is 0 Å². The van der Waals surface area contributed by atoms with E-state index in [1.807, 2.05) is 36.5 Å². The monoisotopic (exact) mass is 365 g/mol. The van der Waals surface area contributed by atoms with Crippen LogP contribution in [0.15, 0.2) is 42.7 Å². The molecule has 1 heterocycles. The minimum absolute atomic E-state index is 0.0960. The zero-order valence-electron chi connectivity index (χ0n) is 14.4. The normalized spacial score (nSPS) is 20.7. The van der Waals surface area contributed by atoms with Gasteiger partial charge >= 0.3 is 6.18 Å². The molecule has 3 rings (SSSR count). The standard InChI is InChI=1S/C19H22F3N3O/c20-19(21,22)16-6-4-5-15(11-16)18(26)23-10-9-14-12-24-25(13-14)17-7-2-1-3-8-17/h1-3,7-8,12-13,15-16H,4-6,9-11H2,(H,23,26)/t15-,16+/m1/s1. The highest BCUT2D eigenvalue weighted by Gasteiger charge is 2.43. The molecule has 0 bridgehead atoms. The summed E-state index contributed by atoms with van der Waals surface area (Å²) in [7, 11) is 0. The lowest BCUT2D eigenvalue weighted by molar-refractivity contribution is -0.186. The van der Waals surface area contributed by atoms with Gasteiger partial charge in [-0.15, -0.1) is 0 Å². The number of halogens is 3. The van der Waals surface area contributed by atoms with Crippen LogP contribution in [0.2, 0.25) is 0 Å². The van der Waals surface area contributed by atoms with Crippen molar-refractivity contribution in [1.82, 2.24) is 15.1 Å². The smallest absolute Gasteiger partial charge is 0.356 e. The summed E-state index contributed by atoms with van der Waals surface area (Å²) < 4.78 is 40.3. The molecule has 0 saturated heterocycles. The molecule has 1 N–H and O–H groups in total. The maximum absolute atomic E-state index is 12.9. The van der Waals surface area contributed by atoms with Crippen LogP contribution in [0.3, 0.4) is 0 Å². The number of hydrogen-bond acceptors (Lipinski definition) is 2. The number of amides is 1. The number of carbonyl (C=O) groups is 1. The van der Waals surface area contributed by atoms with Gasteiger partial charge in [0.1, 0.15) is 0 Å². The van der Waals surface area contributed by atoms with Crippen LogP contribution in [-0.4, -0.2) is 28.4 Å². The number of carbonyl (C=O) groups excluding carboxylic acids is 1. The van der Waals surface area contributed by atoms with Crippen molar-refractivity contribution in [1.29, 1.82) is 0 Å². The molecule has 7 heteroatoms. The van der Waals surface area contributed by atoms with E-state index in [0.29, 0.717) is 25.8 Å². The van der Waals surface area contributed by atoms with E-state index >= 15 is 0 Å². The first-order valence-corrected chi connectivity index (χ1v) is 8.87. The van der Waals surface area contributed by atoms with Gasteiger partial charge < -0.3 is 5.32 Å². The lowest BCUT2D eigenvalue weighted by Gasteiger charge is -2.29. The van der Waals surface area contributed by atoms with E-state index in [0.717, 1.165) is 11.3 Å². The molecule has 4 nitrogen and oxygen atoms in total. The Kier molecular flexibility index (Phi) is 5.64. The molecule has 0 radical (unpaired) electrons. The fourth-order valence-electron chi connectivity index (χ4n) is 3.41. The van der Waals surface area contributed by atoms with Crippen molar-refractivity contribution in [2.45, 2.75) is 38.3 Å². The van der Waals surface area contributed by atoms with E-state index < -0.39 is 18.0 Å². The first-order valence-electron chi connectivity index (χ1n) is 8.87. The molecule has 1 aromatic carbocycles. The maximum atomic E-state index is 12.9. The number of hydrogen-bond donors (Lipinski definition) is 1. The molecule has 0 unspecified atom stereocenters. The Hall–Kier alpha value is -2.31. The van der Waals surface area contributed by atoms with Gasteiger partial charge in [0, 0.05) is 18.7 Å². The predicted octanol–water partition coefficient (Wildman–Crippen LogP) is 3.90. The van der Waals surface area contributed by atoms with Gasteiger partial charge in [-0.3, -0.25) is 4.79 Å². The van der Waals surface area contributed by atoms with Crippen molar-refractivity contribution in [3.8, 4) is 5.69 Å². The molecule has 1 aromatic heterocycles. The lowest BCUT2D eigenvalue weighted by Crippen LogP contribution is -2.38. The summed E-state index contributed by atoms with van der Waals surface area (Å²) in [4.78, 5) is 12.2. The highest BCUT2D eigenvalue weighted by molar-refractivity contribution is 5.78. The largest absolute Gasteiger partial charge is 0.391 e. The second-order valence-electron chi connectivity index (χ2n) is 6.77. The molecule has 140 valence electrons. The number of rotatable bonds is 5. The third-order valence-electron chi connectivity index (χ3n) is 4.88. The Morgan fingerprint density at radius 1 is 1.23 bits per heavy atom. The van der Waals surface area contributed by atoms with Crippen LogP contribution in [0.25, 0.3) is 5.69 Å². The van der Waals surface area contributed by atoms with Crippen molar-refractivity contribution in [2.24, 2.45) is 11.8 Å². The van der Waals surface area contributed by atoms with E-state index in [1.54, 1.807) is 10.9 Å². The fourth-order valence-corrected chi connectivity index (χ4v) is 3.41. The van der Waals surface area contributed by atoms with Gasteiger partial charge in [-0.05, 0) is 43.4 Å². The molecule has 2 aromatic rings. The topological polar surface area (TPSA) is 46.9 Å². The number of alkyl halides is 3. The van der Waals surface area contributed by atoms with Crippen LogP contribution in [0, 0.1) is 11.8 Å². The van der Waals surface area contributed by atoms with Crippen LogP contribution >= 0.6 is 0 Å². The van der Waals surface area contributed by atoms with Crippen LogP contribution in [0.1, 0.15) is 31.2 Å². The molecule has 1 aliphatic rings. The average molecular weight is 365 g/mol. The van der Waals surface area contributed by atoms with Crippen LogP contribution in [0.5, 0.6) is 0 Å². The molecule has 0 spiro atoms. The summed E-state index contributed by atoms with van der Waals surface area (Å²) in [5.74, 6) is -2.16. The second kappa shape index (κ2) is 7.93. The number of aromatic nitrogens is 2. The number of benzene rings is 1. The molecular weight excluding hydrogens is 343 g/mol. The Labute approximate surface area is 150 Å². The Morgan fingerprint density at radius 2 is 2.00 bits per heavy atom. The minimum atomic E-state index is -4.20. The summed E-state index contributed by atoms with van der Waals surface area (Å²) >= 11 is 0. The van der Waals surface area contributed by atoms with Crippen molar-refractivity contribution in [2.75, 3.05) is 6.54 Å². The highest BCUT2D eigenvalue weighted by atomic mass is 19.4. The maximum Gasteiger partial charge on any atom is 0.391 e. The van der Waals surface area contributed by atoms with Crippen molar-refractivity contribution >= 4 is 5.91 Å². The molecule has 1 fully saturated rings. The third-order valence-corrected chi connectivity index (χ3v) is 4.88. The highest BCUT2D eigenvalue weighted by Crippen LogP contribution is 2.39. The quantitative estimate of drug-likeness (QED) is 0.874. The molecule has 26 heavy (non-hydrogen) atoms. The van der Waals surface area contributed by atoms with E-state index in [4.69, 9.17) is 0 Å². The average Bonchev–Trinajstić information content (AvgIpc) is 3.11. The Morgan fingerprint density at radius 3 is 2.73 bits per heavy atom. The first kappa shape index (κ1) is 18.5. The molecule has 1 aliphatic carbocycles. The first-order chi connectivity index (χ1) is 12.4. The van der Waals surface area contributed by atoms with Gasteiger partial charge in [-0.25, -0.2) is 4.68 Å². The predicted molar refractivity (Wildman–Crippen MR) is 91.8 cm³/mol. The lowest BCUT2D eigenvalue weighted by atomic mass is 9.80. The van der Waals surface area contributed by atoms with E-state index in [9.17, 15) is 18.0 Å². The van der Waals surface area contributed by atoms with Crippen LogP contribution in [-0.2, 0) is 11.2 Å². The van der Waals surface area contributed by atoms with E-state index in [1.165, 1.54) is 0 Å². The third kappa shape index (κ3) is 4.65. The van der Waals surface area contributed by atoms with Gasteiger partial charge in [0.05, 0.1) is 17.8 Å². The van der Waals surface area contributed by atoms with Crippen molar-refractivity contribution < 1.29 is 18.0 Å². The van der Waals surface area contributed by atoms with Crippen molar-refractivity contribution in [3.05, 3.63) is 48.3 Å². The molecule has 1 saturated carbocycles. The summed E-state index contributed by atoms with van der Waals surface area (Å²) in [5, 5.41) is 7.07. The molecule has 0 aliphatic heterocycles. The van der Waals surface area contributed by atoms with Gasteiger partial charge in [-0.1, -0.05) is 24.6 Å². The summed E-state index contributed by atoms with van der Waals surface area (Å²) in [6.45, 7) is 0.395. The fraction of sp³-hybridized carbons (Fsp3) is 0.474. The van der Waals surface area contributed by atoms with Crippen LogP contribution in [0.4, 0.5) is 13.2 Å². The molecule has 1 amide bonds. The zero-order valence-corrected chi connectivity index (χ0v) is 14.4. The summed E-state index contributed by atoms with van der Waals surface area (Å²) in [6, 6.07) is 9.67. The van der Waals surface area contributed by atoms with Gasteiger partial charge in [0.25, 0.3) is 0 Å². The summed E-state index contributed by atoms with van der Waals surface area (Å²) in [5.41, 5.74) is 1.91. The van der Waals surface area contributed by atoms with Crippen LogP contribution < -0.4 is 5.32 Å².